The van der Waals surface area contributed by atoms with E-state index in [1.807, 2.05) is 13.8 Å². The molecule has 0 aromatic carbocycles. The molecule has 1 aromatic rings. The molecule has 7 heteroatoms. The van der Waals surface area contributed by atoms with Crippen LogP contribution in [0.2, 0.25) is 5.02 Å². The average Bonchev–Trinajstić information content (AvgIpc) is 2.70. The Morgan fingerprint density at radius 2 is 2.47 bits per heavy atom. The molecule has 2 N–H and O–H groups in total. The summed E-state index contributed by atoms with van der Waals surface area (Å²) in [5, 5.41) is 16.2. The van der Waals surface area contributed by atoms with Gasteiger partial charge < -0.3 is 15.2 Å². The van der Waals surface area contributed by atoms with Crippen LogP contribution in [0.25, 0.3) is 0 Å². The van der Waals surface area contributed by atoms with Gasteiger partial charge in [0.05, 0.1) is 36.7 Å². The van der Waals surface area contributed by atoms with Crippen molar-refractivity contribution in [1.82, 2.24) is 9.78 Å². The molecule has 0 radical (unpaired) electrons. The average molecular weight is 288 g/mol. The third-order valence-electron chi connectivity index (χ3n) is 3.60. The number of halogens is 1. The second-order valence-electron chi connectivity index (χ2n) is 4.93. The van der Waals surface area contributed by atoms with E-state index < -0.39 is 5.56 Å². The van der Waals surface area contributed by atoms with Crippen LogP contribution in [0.5, 0.6) is 0 Å². The fourth-order valence-corrected chi connectivity index (χ4v) is 2.31. The monoisotopic (exact) mass is 287 g/mol. The fourth-order valence-electron chi connectivity index (χ4n) is 2.11. The highest BCUT2D eigenvalue weighted by molar-refractivity contribution is 6.32. The molecular weight excluding hydrogens is 270 g/mol. The van der Waals surface area contributed by atoms with E-state index in [0.717, 1.165) is 11.1 Å². The lowest BCUT2D eigenvalue weighted by molar-refractivity contribution is 0.105. The van der Waals surface area contributed by atoms with E-state index in [-0.39, 0.29) is 29.8 Å². The molecule has 1 aliphatic rings. The Labute approximate surface area is 116 Å². The predicted octanol–water partition coefficient (Wildman–Crippen LogP) is 0.868. The van der Waals surface area contributed by atoms with Gasteiger partial charge in [0.25, 0.3) is 5.56 Å². The Morgan fingerprint density at radius 3 is 3.05 bits per heavy atom. The predicted molar refractivity (Wildman–Crippen MR) is 72.7 cm³/mol. The van der Waals surface area contributed by atoms with Crippen molar-refractivity contribution in [3.8, 4) is 0 Å². The van der Waals surface area contributed by atoms with E-state index in [9.17, 15) is 4.79 Å². The van der Waals surface area contributed by atoms with Crippen molar-refractivity contribution >= 4 is 17.3 Å². The molecule has 2 unspecified atom stereocenters. The highest BCUT2D eigenvalue weighted by Gasteiger charge is 2.37. The molecule has 2 heterocycles. The van der Waals surface area contributed by atoms with E-state index in [1.165, 1.54) is 6.20 Å². The van der Waals surface area contributed by atoms with Gasteiger partial charge in [-0.1, -0.05) is 11.6 Å². The number of ether oxygens (including phenoxy) is 1. The highest BCUT2D eigenvalue weighted by Crippen LogP contribution is 2.30. The van der Waals surface area contributed by atoms with Crippen LogP contribution < -0.4 is 10.9 Å². The summed E-state index contributed by atoms with van der Waals surface area (Å²) in [5.74, 6) is 0. The van der Waals surface area contributed by atoms with Crippen molar-refractivity contribution in [1.29, 1.82) is 0 Å². The van der Waals surface area contributed by atoms with Gasteiger partial charge in [-0.3, -0.25) is 4.79 Å². The Kier molecular flexibility index (Phi) is 4.13. The number of aliphatic hydroxyl groups is 1. The van der Waals surface area contributed by atoms with Gasteiger partial charge in [0, 0.05) is 6.61 Å². The van der Waals surface area contributed by atoms with Crippen molar-refractivity contribution in [2.75, 3.05) is 18.5 Å². The number of aliphatic hydroxyl groups excluding tert-OH is 1. The minimum Gasteiger partial charge on any atom is -0.394 e. The quantitative estimate of drug-likeness (QED) is 0.859. The van der Waals surface area contributed by atoms with Gasteiger partial charge in [0.1, 0.15) is 5.02 Å². The largest absolute Gasteiger partial charge is 0.394 e. The molecule has 1 fully saturated rings. The van der Waals surface area contributed by atoms with Crippen LogP contribution in [0.4, 0.5) is 5.69 Å². The SMILES string of the molecule is CC1OCCC1(C)Nc1cnn(CCO)c(=O)c1Cl. The van der Waals surface area contributed by atoms with Crippen LogP contribution in [0.1, 0.15) is 20.3 Å². The molecule has 0 amide bonds. The number of hydrogen-bond acceptors (Lipinski definition) is 5. The first-order valence-electron chi connectivity index (χ1n) is 6.24. The summed E-state index contributed by atoms with van der Waals surface area (Å²) in [6, 6.07) is 0. The number of hydrogen-bond donors (Lipinski definition) is 2. The first kappa shape index (κ1) is 14.3. The number of rotatable bonds is 4. The zero-order valence-electron chi connectivity index (χ0n) is 11.0. The minimum absolute atomic E-state index is 0.0310. The molecule has 1 saturated heterocycles. The summed E-state index contributed by atoms with van der Waals surface area (Å²) >= 11 is 6.06. The summed E-state index contributed by atoms with van der Waals surface area (Å²) in [4.78, 5) is 11.9. The highest BCUT2D eigenvalue weighted by atomic mass is 35.5. The molecule has 106 valence electrons. The van der Waals surface area contributed by atoms with E-state index in [0.29, 0.717) is 12.3 Å². The molecule has 2 atom stereocenters. The third kappa shape index (κ3) is 2.75. The van der Waals surface area contributed by atoms with Crippen LogP contribution in [-0.4, -0.2) is 39.7 Å². The molecule has 0 bridgehead atoms. The molecule has 0 saturated carbocycles. The normalized spacial score (nSPS) is 26.6. The molecule has 0 spiro atoms. The van der Waals surface area contributed by atoms with Crippen LogP contribution in [0.15, 0.2) is 11.0 Å². The molecule has 1 aliphatic heterocycles. The Bertz CT molecular complexity index is 519. The standard InChI is InChI=1S/C12H18ClN3O3/c1-8-12(2,3-6-19-8)15-9-7-14-16(4-5-17)11(18)10(9)13/h7-8,15,17H,3-6H2,1-2H3. The van der Waals surface area contributed by atoms with Gasteiger partial charge in [-0.05, 0) is 20.3 Å². The first-order chi connectivity index (χ1) is 8.98. The maximum absolute atomic E-state index is 11.9. The Balaban J connectivity index is 2.27. The molecule has 6 nitrogen and oxygen atoms in total. The first-order valence-corrected chi connectivity index (χ1v) is 6.62. The lowest BCUT2D eigenvalue weighted by Gasteiger charge is -2.30. The van der Waals surface area contributed by atoms with Gasteiger partial charge >= 0.3 is 0 Å². The van der Waals surface area contributed by atoms with Crippen molar-refractivity contribution in [3.05, 3.63) is 21.6 Å². The van der Waals surface area contributed by atoms with Crippen LogP contribution in [0, 0.1) is 0 Å². The smallest absolute Gasteiger partial charge is 0.287 e. The maximum Gasteiger partial charge on any atom is 0.287 e. The van der Waals surface area contributed by atoms with Crippen molar-refractivity contribution in [3.63, 3.8) is 0 Å². The fraction of sp³-hybridized carbons (Fsp3) is 0.667. The van der Waals surface area contributed by atoms with Gasteiger partial charge in [-0.15, -0.1) is 0 Å². The van der Waals surface area contributed by atoms with Crippen molar-refractivity contribution in [2.24, 2.45) is 0 Å². The van der Waals surface area contributed by atoms with Crippen LogP contribution in [0.3, 0.4) is 0 Å². The number of nitrogens with zero attached hydrogens (tertiary/aromatic N) is 2. The number of anilines is 1. The number of nitrogens with one attached hydrogen (secondary N) is 1. The van der Waals surface area contributed by atoms with Gasteiger partial charge in [-0.2, -0.15) is 5.10 Å². The van der Waals surface area contributed by atoms with Crippen molar-refractivity contribution < 1.29 is 9.84 Å². The summed E-state index contributed by atoms with van der Waals surface area (Å²) in [5.41, 5.74) is -0.169. The zero-order chi connectivity index (χ0) is 14.0. The molecular formula is C12H18ClN3O3. The molecule has 0 aliphatic carbocycles. The van der Waals surface area contributed by atoms with E-state index >= 15 is 0 Å². The van der Waals surface area contributed by atoms with Gasteiger partial charge in [0.2, 0.25) is 0 Å². The Morgan fingerprint density at radius 1 is 1.74 bits per heavy atom. The molecule has 2 rings (SSSR count). The van der Waals surface area contributed by atoms with Gasteiger partial charge in [0.15, 0.2) is 0 Å². The second-order valence-corrected chi connectivity index (χ2v) is 5.31. The van der Waals surface area contributed by atoms with Crippen molar-refractivity contribution in [2.45, 2.75) is 38.5 Å². The number of aromatic nitrogens is 2. The lowest BCUT2D eigenvalue weighted by atomic mass is 9.94. The molecule has 1 aromatic heterocycles. The van der Waals surface area contributed by atoms with E-state index in [2.05, 4.69) is 10.4 Å². The van der Waals surface area contributed by atoms with E-state index in [1.54, 1.807) is 0 Å². The summed E-state index contributed by atoms with van der Waals surface area (Å²) < 4.78 is 6.67. The lowest BCUT2D eigenvalue weighted by Crippen LogP contribution is -2.42. The summed E-state index contributed by atoms with van der Waals surface area (Å²) in [6.45, 7) is 4.67. The topological polar surface area (TPSA) is 76.4 Å². The second kappa shape index (κ2) is 5.48. The van der Waals surface area contributed by atoms with Gasteiger partial charge in [-0.25, -0.2) is 4.68 Å². The van der Waals surface area contributed by atoms with Crippen LogP contribution >= 0.6 is 11.6 Å². The molecule has 19 heavy (non-hydrogen) atoms. The maximum atomic E-state index is 11.9. The van der Waals surface area contributed by atoms with Crippen LogP contribution in [-0.2, 0) is 11.3 Å². The van der Waals surface area contributed by atoms with E-state index in [4.69, 9.17) is 21.4 Å². The zero-order valence-corrected chi connectivity index (χ0v) is 11.8. The third-order valence-corrected chi connectivity index (χ3v) is 3.97. The summed E-state index contributed by atoms with van der Waals surface area (Å²) in [6.07, 6.45) is 2.38. The Hall–Kier alpha value is -1.11. The summed E-state index contributed by atoms with van der Waals surface area (Å²) in [7, 11) is 0. The minimum atomic E-state index is -0.407.